The van der Waals surface area contributed by atoms with E-state index in [-0.39, 0.29) is 17.5 Å². The smallest absolute Gasteiger partial charge is 0.244 e. The van der Waals surface area contributed by atoms with Crippen LogP contribution in [0.4, 0.5) is 5.69 Å². The van der Waals surface area contributed by atoms with Crippen molar-refractivity contribution in [2.45, 2.75) is 52.6 Å². The lowest BCUT2D eigenvalue weighted by molar-refractivity contribution is -0.120. The Morgan fingerprint density at radius 1 is 1.21 bits per heavy atom. The van der Waals surface area contributed by atoms with E-state index in [1.807, 2.05) is 11.8 Å². The minimum absolute atomic E-state index is 0.123. The van der Waals surface area contributed by atoms with Crippen molar-refractivity contribution in [3.05, 3.63) is 29.3 Å². The van der Waals surface area contributed by atoms with Crippen molar-refractivity contribution in [1.82, 2.24) is 5.32 Å². The molecule has 3 heteroatoms. The zero-order valence-corrected chi connectivity index (χ0v) is 12.6. The Balaban J connectivity index is 2.50. The summed E-state index contributed by atoms with van der Waals surface area (Å²) in [7, 11) is 0. The first-order valence-corrected chi connectivity index (χ1v) is 6.97. The number of nitrogens with one attached hydrogen (secondary N) is 1. The van der Waals surface area contributed by atoms with Crippen LogP contribution in [-0.2, 0) is 4.79 Å². The zero-order chi connectivity index (χ0) is 14.2. The standard InChI is InChI=1S/C16H24N2O/c1-11-8-12(2)10-14(9-11)18-15(19)13(3)17-7-6-16(18,4)5/h8-10,13,17H,6-7H2,1-5H3. The van der Waals surface area contributed by atoms with E-state index in [4.69, 9.17) is 0 Å². The molecule has 104 valence electrons. The second-order valence-electron chi connectivity index (χ2n) is 6.26. The van der Waals surface area contributed by atoms with E-state index in [9.17, 15) is 4.79 Å². The molecule has 1 fully saturated rings. The van der Waals surface area contributed by atoms with E-state index >= 15 is 0 Å². The summed E-state index contributed by atoms with van der Waals surface area (Å²) in [5.41, 5.74) is 3.25. The van der Waals surface area contributed by atoms with Crippen LogP contribution in [0, 0.1) is 13.8 Å². The summed E-state index contributed by atoms with van der Waals surface area (Å²) in [5.74, 6) is 0.160. The first-order chi connectivity index (χ1) is 8.81. The second-order valence-corrected chi connectivity index (χ2v) is 6.26. The highest BCUT2D eigenvalue weighted by Crippen LogP contribution is 2.30. The molecule has 1 amide bonds. The molecule has 0 radical (unpaired) electrons. The predicted molar refractivity (Wildman–Crippen MR) is 79.6 cm³/mol. The summed E-state index contributed by atoms with van der Waals surface area (Å²) in [5, 5.41) is 3.29. The minimum atomic E-state index is -0.158. The van der Waals surface area contributed by atoms with Gasteiger partial charge in [-0.15, -0.1) is 0 Å². The number of aryl methyl sites for hydroxylation is 2. The lowest BCUT2D eigenvalue weighted by Crippen LogP contribution is -2.50. The number of rotatable bonds is 1. The fourth-order valence-electron chi connectivity index (χ4n) is 2.84. The van der Waals surface area contributed by atoms with Crippen molar-refractivity contribution < 1.29 is 4.79 Å². The molecule has 1 N–H and O–H groups in total. The van der Waals surface area contributed by atoms with Gasteiger partial charge in [-0.05, 0) is 70.8 Å². The molecule has 3 nitrogen and oxygen atoms in total. The van der Waals surface area contributed by atoms with E-state index < -0.39 is 0 Å². The number of hydrogen-bond acceptors (Lipinski definition) is 2. The summed E-state index contributed by atoms with van der Waals surface area (Å²) in [6.45, 7) is 11.3. The van der Waals surface area contributed by atoms with Gasteiger partial charge in [-0.1, -0.05) is 6.07 Å². The predicted octanol–water partition coefficient (Wildman–Crippen LogP) is 2.80. The molecule has 0 spiro atoms. The average molecular weight is 260 g/mol. The Hall–Kier alpha value is -1.35. The van der Waals surface area contributed by atoms with Gasteiger partial charge in [-0.25, -0.2) is 0 Å². The molecule has 1 aliphatic heterocycles. The number of benzene rings is 1. The van der Waals surface area contributed by atoms with Crippen LogP contribution in [0.5, 0.6) is 0 Å². The molecule has 19 heavy (non-hydrogen) atoms. The van der Waals surface area contributed by atoms with Crippen LogP contribution in [0.25, 0.3) is 0 Å². The fourth-order valence-corrected chi connectivity index (χ4v) is 2.84. The number of nitrogens with zero attached hydrogens (tertiary/aromatic N) is 1. The van der Waals surface area contributed by atoms with E-state index in [2.05, 4.69) is 51.2 Å². The summed E-state index contributed by atoms with van der Waals surface area (Å²) in [6, 6.07) is 6.22. The monoisotopic (exact) mass is 260 g/mol. The van der Waals surface area contributed by atoms with Crippen LogP contribution >= 0.6 is 0 Å². The van der Waals surface area contributed by atoms with Gasteiger partial charge in [-0.2, -0.15) is 0 Å². The molecular weight excluding hydrogens is 236 g/mol. The second kappa shape index (κ2) is 4.97. The highest BCUT2D eigenvalue weighted by molar-refractivity contribution is 5.98. The molecule has 1 heterocycles. The van der Waals surface area contributed by atoms with Gasteiger partial charge in [-0.3, -0.25) is 4.79 Å². The van der Waals surface area contributed by atoms with Gasteiger partial charge < -0.3 is 10.2 Å². The van der Waals surface area contributed by atoms with Crippen molar-refractivity contribution in [2.24, 2.45) is 0 Å². The molecule has 1 aromatic rings. The van der Waals surface area contributed by atoms with E-state index in [1.165, 1.54) is 11.1 Å². The SMILES string of the molecule is Cc1cc(C)cc(N2C(=O)C(C)NCCC2(C)C)c1. The Bertz CT molecular complexity index is 473. The highest BCUT2D eigenvalue weighted by Gasteiger charge is 2.36. The van der Waals surface area contributed by atoms with Crippen molar-refractivity contribution in [1.29, 1.82) is 0 Å². The molecule has 1 aromatic carbocycles. The van der Waals surface area contributed by atoms with Crippen LogP contribution in [0.3, 0.4) is 0 Å². The maximum atomic E-state index is 12.6. The molecule has 1 atom stereocenters. The molecule has 1 saturated heterocycles. The summed E-state index contributed by atoms with van der Waals surface area (Å²) < 4.78 is 0. The first kappa shape index (κ1) is 14.1. The molecule has 1 unspecified atom stereocenters. The lowest BCUT2D eigenvalue weighted by Gasteiger charge is -2.38. The van der Waals surface area contributed by atoms with Gasteiger partial charge >= 0.3 is 0 Å². The van der Waals surface area contributed by atoms with E-state index in [0.29, 0.717) is 0 Å². The summed E-state index contributed by atoms with van der Waals surface area (Å²) >= 11 is 0. The lowest BCUT2D eigenvalue weighted by atomic mass is 9.96. The molecule has 0 aliphatic carbocycles. The molecule has 0 bridgehead atoms. The van der Waals surface area contributed by atoms with Crippen LogP contribution in [-0.4, -0.2) is 24.0 Å². The van der Waals surface area contributed by atoms with Crippen molar-refractivity contribution in [2.75, 3.05) is 11.4 Å². The average Bonchev–Trinajstić information content (AvgIpc) is 2.35. The number of amides is 1. The van der Waals surface area contributed by atoms with E-state index in [0.717, 1.165) is 18.7 Å². The zero-order valence-electron chi connectivity index (χ0n) is 12.6. The van der Waals surface area contributed by atoms with E-state index in [1.54, 1.807) is 0 Å². The third kappa shape index (κ3) is 2.81. The maximum absolute atomic E-state index is 12.6. The topological polar surface area (TPSA) is 32.3 Å². The third-order valence-corrected chi connectivity index (χ3v) is 3.85. The van der Waals surface area contributed by atoms with Crippen molar-refractivity contribution >= 4 is 11.6 Å². The first-order valence-electron chi connectivity index (χ1n) is 6.97. The third-order valence-electron chi connectivity index (χ3n) is 3.85. The van der Waals surface area contributed by atoms with Crippen molar-refractivity contribution in [3.8, 4) is 0 Å². The molecule has 0 saturated carbocycles. The Labute approximate surface area is 116 Å². The molecule has 0 aromatic heterocycles. The Morgan fingerprint density at radius 3 is 2.37 bits per heavy atom. The van der Waals surface area contributed by atoms with Gasteiger partial charge in [0.1, 0.15) is 0 Å². The Kier molecular flexibility index (Phi) is 3.68. The highest BCUT2D eigenvalue weighted by atomic mass is 16.2. The minimum Gasteiger partial charge on any atom is -0.306 e. The maximum Gasteiger partial charge on any atom is 0.244 e. The van der Waals surface area contributed by atoms with Crippen molar-refractivity contribution in [3.63, 3.8) is 0 Å². The number of anilines is 1. The van der Waals surface area contributed by atoms with Crippen LogP contribution in [0.15, 0.2) is 18.2 Å². The molecule has 1 aliphatic rings. The largest absolute Gasteiger partial charge is 0.306 e. The van der Waals surface area contributed by atoms with Gasteiger partial charge in [0.15, 0.2) is 0 Å². The quantitative estimate of drug-likeness (QED) is 0.842. The van der Waals surface area contributed by atoms with Crippen LogP contribution in [0.1, 0.15) is 38.3 Å². The fraction of sp³-hybridized carbons (Fsp3) is 0.562. The number of carbonyl (C=O) groups is 1. The number of hydrogen-bond donors (Lipinski definition) is 1. The van der Waals surface area contributed by atoms with Gasteiger partial charge in [0.25, 0.3) is 0 Å². The molecule has 2 rings (SSSR count). The number of carbonyl (C=O) groups excluding carboxylic acids is 1. The van der Waals surface area contributed by atoms with Gasteiger partial charge in [0.2, 0.25) is 5.91 Å². The van der Waals surface area contributed by atoms with Crippen LogP contribution < -0.4 is 10.2 Å². The van der Waals surface area contributed by atoms with Gasteiger partial charge in [0, 0.05) is 11.2 Å². The normalized spacial score (nSPS) is 23.3. The van der Waals surface area contributed by atoms with Gasteiger partial charge in [0.05, 0.1) is 6.04 Å². The Morgan fingerprint density at radius 2 is 1.79 bits per heavy atom. The van der Waals surface area contributed by atoms with Crippen LogP contribution in [0.2, 0.25) is 0 Å². The molecular formula is C16H24N2O. The summed E-state index contributed by atoms with van der Waals surface area (Å²) in [6.07, 6.45) is 0.954. The summed E-state index contributed by atoms with van der Waals surface area (Å²) in [4.78, 5) is 14.6.